The molecule has 0 aliphatic heterocycles. The van der Waals surface area contributed by atoms with Crippen LogP contribution in [0.1, 0.15) is 10.4 Å². The number of ether oxygens (including phenoxy) is 1. The molecule has 0 aliphatic carbocycles. The van der Waals surface area contributed by atoms with Gasteiger partial charge in [-0.15, -0.1) is 0 Å². The highest BCUT2D eigenvalue weighted by Crippen LogP contribution is 2.05. The Hall–Kier alpha value is -1.55. The highest BCUT2D eigenvalue weighted by atomic mass is 35.5. The minimum atomic E-state index is -1.43. The second kappa shape index (κ2) is 4.62. The van der Waals surface area contributed by atoms with Crippen molar-refractivity contribution in [2.45, 2.75) is 5.56 Å². The number of hydrogen-bond acceptors (Lipinski definition) is 3. The van der Waals surface area contributed by atoms with E-state index in [-0.39, 0.29) is 0 Å². The fourth-order valence-corrected chi connectivity index (χ4v) is 0.875. The summed E-state index contributed by atoms with van der Waals surface area (Å²) in [5.41, 5.74) is 3.71. The summed E-state index contributed by atoms with van der Waals surface area (Å²) in [4.78, 5) is 21.7. The first kappa shape index (κ1) is 10.5. The van der Waals surface area contributed by atoms with Gasteiger partial charge in [0, 0.05) is 0 Å². The Labute approximate surface area is 85.6 Å². The Kier molecular flexibility index (Phi) is 3.48. The van der Waals surface area contributed by atoms with Crippen LogP contribution in [0.25, 0.3) is 0 Å². The van der Waals surface area contributed by atoms with Crippen molar-refractivity contribution in [3.63, 3.8) is 0 Å². The van der Waals surface area contributed by atoms with Gasteiger partial charge in [-0.2, -0.15) is 0 Å². The maximum absolute atomic E-state index is 11.2. The van der Waals surface area contributed by atoms with Gasteiger partial charge in [0.15, 0.2) is 0 Å². The van der Waals surface area contributed by atoms with Crippen LogP contribution in [0.2, 0.25) is 0 Å². The zero-order valence-corrected chi connectivity index (χ0v) is 7.90. The summed E-state index contributed by atoms with van der Waals surface area (Å²) in [5, 5.41) is 0. The molecular formula is C9H8ClNO3. The van der Waals surface area contributed by atoms with Gasteiger partial charge in [-0.05, 0) is 12.1 Å². The number of carbonyl (C=O) groups excluding carboxylic acids is 2. The zero-order chi connectivity index (χ0) is 10.6. The fourth-order valence-electron chi connectivity index (χ4n) is 0.794. The van der Waals surface area contributed by atoms with Crippen molar-refractivity contribution in [3.8, 4) is 0 Å². The molecule has 1 rings (SSSR count). The van der Waals surface area contributed by atoms with Crippen LogP contribution in [-0.2, 0) is 9.53 Å². The van der Waals surface area contributed by atoms with E-state index in [1.165, 1.54) is 0 Å². The van der Waals surface area contributed by atoms with Crippen LogP contribution in [0.15, 0.2) is 30.3 Å². The number of primary amides is 1. The van der Waals surface area contributed by atoms with Crippen molar-refractivity contribution < 1.29 is 14.3 Å². The molecule has 14 heavy (non-hydrogen) atoms. The van der Waals surface area contributed by atoms with Crippen molar-refractivity contribution in [2.24, 2.45) is 5.73 Å². The fraction of sp³-hybridized carbons (Fsp3) is 0.111. The zero-order valence-electron chi connectivity index (χ0n) is 7.14. The van der Waals surface area contributed by atoms with Crippen LogP contribution < -0.4 is 5.73 Å². The highest BCUT2D eigenvalue weighted by molar-refractivity contribution is 6.30. The lowest BCUT2D eigenvalue weighted by Crippen LogP contribution is -2.28. The maximum Gasteiger partial charge on any atom is 0.340 e. The van der Waals surface area contributed by atoms with Gasteiger partial charge in [0.25, 0.3) is 11.5 Å². The third kappa shape index (κ3) is 2.74. The highest BCUT2D eigenvalue weighted by Gasteiger charge is 2.17. The Balaban J connectivity index is 2.64. The lowest BCUT2D eigenvalue weighted by molar-refractivity contribution is -0.122. The number of nitrogens with two attached hydrogens (primary N) is 1. The molecule has 0 aliphatic rings. The summed E-state index contributed by atoms with van der Waals surface area (Å²) in [7, 11) is 0. The Morgan fingerprint density at radius 3 is 2.36 bits per heavy atom. The number of rotatable bonds is 3. The number of benzene rings is 1. The second-order valence-electron chi connectivity index (χ2n) is 2.49. The smallest absolute Gasteiger partial charge is 0.340 e. The van der Waals surface area contributed by atoms with Gasteiger partial charge in [0.05, 0.1) is 5.56 Å². The van der Waals surface area contributed by atoms with Crippen LogP contribution >= 0.6 is 11.6 Å². The van der Waals surface area contributed by atoms with Crippen molar-refractivity contribution in [2.75, 3.05) is 0 Å². The van der Waals surface area contributed by atoms with Crippen molar-refractivity contribution in [1.82, 2.24) is 0 Å². The maximum atomic E-state index is 11.2. The lowest BCUT2D eigenvalue weighted by Gasteiger charge is -2.06. The molecule has 0 heterocycles. The van der Waals surface area contributed by atoms with Gasteiger partial charge < -0.3 is 10.5 Å². The van der Waals surface area contributed by atoms with E-state index in [4.69, 9.17) is 17.3 Å². The van der Waals surface area contributed by atoms with E-state index in [9.17, 15) is 9.59 Å². The molecule has 5 heteroatoms. The largest absolute Gasteiger partial charge is 0.432 e. The van der Waals surface area contributed by atoms with Gasteiger partial charge >= 0.3 is 5.97 Å². The molecule has 1 amide bonds. The van der Waals surface area contributed by atoms with Crippen LogP contribution in [-0.4, -0.2) is 17.4 Å². The van der Waals surface area contributed by atoms with Crippen molar-refractivity contribution >= 4 is 23.5 Å². The first-order valence-electron chi connectivity index (χ1n) is 3.80. The topological polar surface area (TPSA) is 69.4 Å². The minimum absolute atomic E-state index is 0.319. The van der Waals surface area contributed by atoms with Gasteiger partial charge in [-0.3, -0.25) is 4.79 Å². The van der Waals surface area contributed by atoms with Gasteiger partial charge in [0.2, 0.25) is 0 Å². The molecule has 1 aromatic carbocycles. The predicted molar refractivity (Wildman–Crippen MR) is 50.7 cm³/mol. The van der Waals surface area contributed by atoms with E-state index in [2.05, 4.69) is 4.74 Å². The number of amides is 1. The molecule has 74 valence electrons. The molecule has 4 nitrogen and oxygen atoms in total. The molecule has 2 N–H and O–H groups in total. The molecule has 0 radical (unpaired) electrons. The summed E-state index contributed by atoms with van der Waals surface area (Å²) in [6.45, 7) is 0. The standard InChI is InChI=1S/C9H8ClNO3/c10-7(8(11)12)14-9(13)6-4-2-1-3-5-6/h1-5,7H,(H2,11,12). The van der Waals surface area contributed by atoms with E-state index in [0.29, 0.717) is 5.56 Å². The normalized spacial score (nSPS) is 11.8. The molecule has 0 aromatic heterocycles. The third-order valence-corrected chi connectivity index (χ3v) is 1.75. The van der Waals surface area contributed by atoms with E-state index >= 15 is 0 Å². The Morgan fingerprint density at radius 2 is 1.86 bits per heavy atom. The quantitative estimate of drug-likeness (QED) is 0.599. The lowest BCUT2D eigenvalue weighted by atomic mass is 10.2. The van der Waals surface area contributed by atoms with E-state index in [0.717, 1.165) is 0 Å². The number of carbonyl (C=O) groups is 2. The van der Waals surface area contributed by atoms with Crippen LogP contribution in [0, 0.1) is 0 Å². The summed E-state index contributed by atoms with van der Waals surface area (Å²) >= 11 is 5.34. The monoisotopic (exact) mass is 213 g/mol. The summed E-state index contributed by atoms with van der Waals surface area (Å²) in [5.74, 6) is -1.57. The van der Waals surface area contributed by atoms with Gasteiger partial charge in [-0.25, -0.2) is 4.79 Å². The predicted octanol–water partition coefficient (Wildman–Crippen LogP) is 0.894. The third-order valence-electron chi connectivity index (χ3n) is 1.44. The minimum Gasteiger partial charge on any atom is -0.432 e. The van der Waals surface area contributed by atoms with Crippen LogP contribution in [0.5, 0.6) is 0 Å². The summed E-state index contributed by atoms with van der Waals surface area (Å²) < 4.78 is 4.55. The first-order valence-corrected chi connectivity index (χ1v) is 4.24. The first-order chi connectivity index (χ1) is 6.61. The summed E-state index contributed by atoms with van der Waals surface area (Å²) in [6, 6.07) is 8.19. The molecule has 0 saturated carbocycles. The molecule has 0 fully saturated rings. The van der Waals surface area contributed by atoms with E-state index in [1.807, 2.05) is 0 Å². The summed E-state index contributed by atoms with van der Waals surface area (Å²) in [6.07, 6.45) is 0. The number of alkyl halides is 1. The molecule has 1 unspecified atom stereocenters. The molecule has 0 spiro atoms. The van der Waals surface area contributed by atoms with Gasteiger partial charge in [-0.1, -0.05) is 29.8 Å². The van der Waals surface area contributed by atoms with Crippen molar-refractivity contribution in [3.05, 3.63) is 35.9 Å². The van der Waals surface area contributed by atoms with Crippen LogP contribution in [0.4, 0.5) is 0 Å². The van der Waals surface area contributed by atoms with Crippen molar-refractivity contribution in [1.29, 1.82) is 0 Å². The molecular weight excluding hydrogens is 206 g/mol. The second-order valence-corrected chi connectivity index (χ2v) is 2.89. The number of hydrogen-bond donors (Lipinski definition) is 1. The number of esters is 1. The molecule has 1 aromatic rings. The molecule has 0 bridgehead atoms. The molecule has 1 atom stereocenters. The SMILES string of the molecule is NC(=O)C(Cl)OC(=O)c1ccccc1. The number of halogens is 1. The Morgan fingerprint density at radius 1 is 1.29 bits per heavy atom. The van der Waals surface area contributed by atoms with Crippen LogP contribution in [0.3, 0.4) is 0 Å². The van der Waals surface area contributed by atoms with E-state index < -0.39 is 17.4 Å². The average Bonchev–Trinajstić information content (AvgIpc) is 2.19. The Bertz CT molecular complexity index is 339. The van der Waals surface area contributed by atoms with E-state index in [1.54, 1.807) is 30.3 Å². The van der Waals surface area contributed by atoms with Gasteiger partial charge in [0.1, 0.15) is 0 Å². The average molecular weight is 214 g/mol. The molecule has 0 saturated heterocycles.